The molecule has 0 radical (unpaired) electrons. The average Bonchev–Trinajstić information content (AvgIpc) is 3.44. The van der Waals surface area contributed by atoms with Crippen LogP contribution in [0.2, 0.25) is 0 Å². The summed E-state index contributed by atoms with van der Waals surface area (Å²) in [6.45, 7) is 2.00. The summed E-state index contributed by atoms with van der Waals surface area (Å²) >= 11 is 0. The first-order chi connectivity index (χ1) is 35.7. The van der Waals surface area contributed by atoms with Crippen molar-refractivity contribution in [2.75, 3.05) is 60.8 Å². The molecule has 0 bridgehead atoms. The Kier molecular flexibility index (Phi) is 17.3. The molecule has 2 heterocycles. The molecule has 0 aliphatic carbocycles. The van der Waals surface area contributed by atoms with Gasteiger partial charge in [0.2, 0.25) is 0 Å². The second kappa shape index (κ2) is 25.1. The number of pyridine rings is 2. The first-order valence-corrected chi connectivity index (χ1v) is 24.0. The Morgan fingerprint density at radius 3 is 1.21 bits per heavy atom. The summed E-state index contributed by atoms with van der Waals surface area (Å²) in [7, 11) is 3.89. The molecule has 2 aromatic heterocycles. The summed E-state index contributed by atoms with van der Waals surface area (Å²) in [5.74, 6) is 0.693. The summed E-state index contributed by atoms with van der Waals surface area (Å²) in [5, 5.41) is 6.55. The van der Waals surface area contributed by atoms with Crippen molar-refractivity contribution in [3.8, 4) is 11.5 Å². The fraction of sp³-hybridized carbons (Fsp3) is 0.167. The van der Waals surface area contributed by atoms with Crippen LogP contribution >= 0.6 is 0 Å². The third kappa shape index (κ3) is 14.0. The smallest absolute Gasteiger partial charge is 0.336 e. The van der Waals surface area contributed by atoms with Crippen LogP contribution in [0.3, 0.4) is 0 Å². The van der Waals surface area contributed by atoms with Gasteiger partial charge in [-0.05, 0) is 83.9 Å². The molecule has 0 aliphatic heterocycles. The molecule has 0 saturated heterocycles. The Morgan fingerprint density at radius 2 is 0.822 bits per heavy atom. The maximum atomic E-state index is 14.6. The Morgan fingerprint density at radius 1 is 0.452 bits per heavy atom. The van der Waals surface area contributed by atoms with E-state index in [1.165, 1.54) is 0 Å². The summed E-state index contributed by atoms with van der Waals surface area (Å²) in [4.78, 5) is 69.8. The van der Waals surface area contributed by atoms with Crippen molar-refractivity contribution in [1.29, 1.82) is 0 Å². The number of nitrogens with one attached hydrogen (secondary N) is 2. The minimum atomic E-state index is -1.15. The van der Waals surface area contributed by atoms with Crippen molar-refractivity contribution in [3.63, 3.8) is 0 Å². The lowest BCUT2D eigenvalue weighted by Gasteiger charge is -2.23. The quantitative estimate of drug-likeness (QED) is 0.0336. The number of hydrogen-bond donors (Lipinski definition) is 2. The van der Waals surface area contributed by atoms with Gasteiger partial charge in [-0.15, -0.1) is 0 Å². The highest BCUT2D eigenvalue weighted by Gasteiger charge is 2.30. The lowest BCUT2D eigenvalue weighted by Crippen LogP contribution is -2.40. The third-order valence-corrected chi connectivity index (χ3v) is 12.0. The number of anilines is 4. The van der Waals surface area contributed by atoms with Gasteiger partial charge in [-0.2, -0.15) is 0 Å². The second-order valence-electron chi connectivity index (χ2n) is 17.2. The Hall–Kier alpha value is -9.10. The second-order valence-corrected chi connectivity index (χ2v) is 17.2. The molecule has 6 aromatic carbocycles. The average molecular weight is 973 g/mol. The van der Waals surface area contributed by atoms with Crippen LogP contribution in [0.15, 0.2) is 207 Å². The van der Waals surface area contributed by atoms with Crippen LogP contribution in [-0.2, 0) is 27.2 Å². The zero-order chi connectivity index (χ0) is 50.8. The van der Waals surface area contributed by atoms with E-state index in [0.717, 1.165) is 22.8 Å². The number of esters is 2. The number of likely N-dealkylation sites (N-methyl/N-ethyl adjacent to an activating group) is 2. The minimum absolute atomic E-state index is 0.0777. The number of nitrogens with zero attached hydrogens (tertiary/aromatic N) is 4. The van der Waals surface area contributed by atoms with E-state index in [0.29, 0.717) is 71.4 Å². The van der Waals surface area contributed by atoms with E-state index in [-0.39, 0.29) is 24.4 Å². The van der Waals surface area contributed by atoms with Gasteiger partial charge in [0, 0.05) is 73.0 Å². The van der Waals surface area contributed by atoms with E-state index >= 15 is 0 Å². The predicted octanol–water partition coefficient (Wildman–Crippen LogP) is 9.79. The number of ketones is 2. The fourth-order valence-corrected chi connectivity index (χ4v) is 8.01. The lowest BCUT2D eigenvalue weighted by atomic mass is 9.99. The molecule has 368 valence electrons. The van der Waals surface area contributed by atoms with Crippen molar-refractivity contribution in [2.45, 2.75) is 24.9 Å². The van der Waals surface area contributed by atoms with Gasteiger partial charge < -0.3 is 34.6 Å². The largest absolute Gasteiger partial charge is 0.492 e. The third-order valence-electron chi connectivity index (χ3n) is 12.0. The molecule has 0 spiro atoms. The highest BCUT2D eigenvalue weighted by molar-refractivity contribution is 6.13. The van der Waals surface area contributed by atoms with Gasteiger partial charge >= 0.3 is 11.9 Å². The van der Waals surface area contributed by atoms with Gasteiger partial charge in [-0.25, -0.2) is 19.6 Å². The van der Waals surface area contributed by atoms with E-state index in [2.05, 4.69) is 20.6 Å². The van der Waals surface area contributed by atoms with E-state index in [4.69, 9.17) is 14.2 Å². The number of ether oxygens (including phenoxy) is 3. The summed E-state index contributed by atoms with van der Waals surface area (Å²) in [5.41, 5.74) is 3.86. The van der Waals surface area contributed by atoms with Crippen LogP contribution < -0.4 is 29.9 Å². The van der Waals surface area contributed by atoms with Gasteiger partial charge in [-0.1, -0.05) is 121 Å². The molecule has 8 rings (SSSR count). The molecule has 0 amide bonds. The number of carbonyl (C=O) groups excluding carboxylic acids is 4. The molecule has 2 atom stereocenters. The molecule has 13 heteroatoms. The molecule has 0 saturated carbocycles. The van der Waals surface area contributed by atoms with Crippen LogP contribution in [0.25, 0.3) is 0 Å². The molecule has 73 heavy (non-hydrogen) atoms. The van der Waals surface area contributed by atoms with E-state index in [1.807, 2.05) is 121 Å². The monoisotopic (exact) mass is 972 g/mol. The van der Waals surface area contributed by atoms with Crippen molar-refractivity contribution < 1.29 is 33.4 Å². The molecule has 13 nitrogen and oxygen atoms in total. The van der Waals surface area contributed by atoms with Gasteiger partial charge in [0.15, 0.2) is 11.6 Å². The number of benzene rings is 6. The summed E-state index contributed by atoms with van der Waals surface area (Å²) in [6, 6.07) is 55.4. The zero-order valence-electron chi connectivity index (χ0n) is 40.7. The highest BCUT2D eigenvalue weighted by Crippen LogP contribution is 2.25. The standard InChI is InChI=1S/C60H56N6O7/c1-65(55-25-13-15-35-61-55)37-39-71-47-31-27-43(28-32-47)41-53(63-51-23-11-9-21-49(51)57(67)45-17-5-3-6-18-45)59(69)73-60(70)54(64-52-24-12-10-22-50(52)58(68)46-19-7-4-8-20-46)42-44-29-33-48(34-30-44)72-40-38-66(2)56-26-14-16-36-62-56/h3-36,53-54,63-64H,37-42H2,1-2H3/t53-,54?/m0/s1. The fourth-order valence-electron chi connectivity index (χ4n) is 8.01. The van der Waals surface area contributed by atoms with Crippen LogP contribution in [-0.4, -0.2) is 86.0 Å². The highest BCUT2D eigenvalue weighted by atomic mass is 16.6. The molecule has 1 unspecified atom stereocenters. The van der Waals surface area contributed by atoms with Crippen molar-refractivity contribution in [3.05, 3.63) is 240 Å². The Bertz CT molecular complexity index is 2850. The molecular formula is C60H56N6O7. The number of hydrogen-bond acceptors (Lipinski definition) is 13. The number of carbonyl (C=O) groups is 4. The van der Waals surface area contributed by atoms with E-state index in [1.54, 1.807) is 109 Å². The van der Waals surface area contributed by atoms with Crippen molar-refractivity contribution in [2.24, 2.45) is 0 Å². The molecular weight excluding hydrogens is 917 g/mol. The molecule has 0 fully saturated rings. The SMILES string of the molecule is CN(CCOc1ccc(CC(Nc2ccccc2C(=O)c2ccccc2)C(=O)OC(=O)[C@H](Cc2ccc(OCCN(C)c3ccccn3)cc2)Nc2ccccc2C(=O)c2ccccc2)cc1)c1ccccn1. The van der Waals surface area contributed by atoms with Crippen LogP contribution in [0, 0.1) is 0 Å². The van der Waals surface area contributed by atoms with Gasteiger partial charge in [0.1, 0.15) is 48.4 Å². The van der Waals surface area contributed by atoms with Crippen molar-refractivity contribution in [1.82, 2.24) is 9.97 Å². The maximum Gasteiger partial charge on any atom is 0.336 e. The van der Waals surface area contributed by atoms with Crippen LogP contribution in [0.4, 0.5) is 23.0 Å². The first kappa shape index (κ1) is 50.3. The number of para-hydroxylation sites is 2. The number of aromatic nitrogens is 2. The lowest BCUT2D eigenvalue weighted by molar-refractivity contribution is -0.160. The topological polar surface area (TPSA) is 152 Å². The Labute approximate surface area is 425 Å². The first-order valence-electron chi connectivity index (χ1n) is 24.0. The van der Waals surface area contributed by atoms with E-state index < -0.39 is 24.0 Å². The summed E-state index contributed by atoms with van der Waals surface area (Å²) < 4.78 is 18.0. The Balaban J connectivity index is 1.03. The van der Waals surface area contributed by atoms with Crippen LogP contribution in [0.5, 0.6) is 11.5 Å². The molecule has 8 aromatic rings. The summed E-state index contributed by atoms with van der Waals surface area (Å²) in [6.07, 6.45) is 3.64. The zero-order valence-corrected chi connectivity index (χ0v) is 40.7. The molecule has 0 aliphatic rings. The minimum Gasteiger partial charge on any atom is -0.492 e. The van der Waals surface area contributed by atoms with Gasteiger partial charge in [0.25, 0.3) is 0 Å². The van der Waals surface area contributed by atoms with Gasteiger partial charge in [0.05, 0.1) is 13.1 Å². The normalized spacial score (nSPS) is 11.6. The predicted molar refractivity (Wildman–Crippen MR) is 285 cm³/mol. The van der Waals surface area contributed by atoms with Crippen LogP contribution in [0.1, 0.15) is 43.0 Å². The molecule has 2 N–H and O–H groups in total. The number of rotatable bonds is 24. The van der Waals surface area contributed by atoms with Gasteiger partial charge in [-0.3, -0.25) is 9.59 Å². The van der Waals surface area contributed by atoms with E-state index in [9.17, 15) is 19.2 Å². The maximum absolute atomic E-state index is 14.6. The van der Waals surface area contributed by atoms with Crippen molar-refractivity contribution >= 4 is 46.5 Å².